The van der Waals surface area contributed by atoms with E-state index < -0.39 is 5.54 Å². The Morgan fingerprint density at radius 1 is 1.46 bits per heavy atom. The van der Waals surface area contributed by atoms with Gasteiger partial charge in [0, 0.05) is 19.3 Å². The van der Waals surface area contributed by atoms with E-state index in [9.17, 15) is 4.79 Å². The Balaban J connectivity index is 2.67. The van der Waals surface area contributed by atoms with Crippen LogP contribution in [0.15, 0.2) is 0 Å². The van der Waals surface area contributed by atoms with Crippen LogP contribution < -0.4 is 11.1 Å². The van der Waals surface area contributed by atoms with E-state index in [0.717, 1.165) is 0 Å². The second-order valence-corrected chi connectivity index (χ2v) is 3.86. The summed E-state index contributed by atoms with van der Waals surface area (Å²) in [4.78, 5) is 11.3. The molecule has 13 heavy (non-hydrogen) atoms. The molecule has 0 aliphatic carbocycles. The monoisotopic (exact) mass is 186 g/mol. The molecule has 1 aliphatic heterocycles. The van der Waals surface area contributed by atoms with Crippen molar-refractivity contribution in [2.75, 3.05) is 13.2 Å². The number of amides is 1. The van der Waals surface area contributed by atoms with Crippen LogP contribution in [-0.4, -0.2) is 30.7 Å². The fraction of sp³-hybridized carbons (Fsp3) is 0.889. The van der Waals surface area contributed by atoms with E-state index in [-0.39, 0.29) is 11.9 Å². The number of carbonyl (C=O) groups is 1. The molecule has 1 amide bonds. The van der Waals surface area contributed by atoms with E-state index in [1.165, 1.54) is 0 Å². The van der Waals surface area contributed by atoms with Gasteiger partial charge in [-0.25, -0.2) is 0 Å². The average Bonchev–Trinajstić information content (AvgIpc) is 2.04. The number of carbonyl (C=O) groups excluding carboxylic acids is 1. The van der Waals surface area contributed by atoms with Crippen molar-refractivity contribution in [3.8, 4) is 0 Å². The minimum Gasteiger partial charge on any atom is -0.381 e. The lowest BCUT2D eigenvalue weighted by molar-refractivity contribution is -0.128. The Morgan fingerprint density at radius 2 is 2.00 bits per heavy atom. The van der Waals surface area contributed by atoms with E-state index in [2.05, 4.69) is 5.32 Å². The van der Waals surface area contributed by atoms with E-state index >= 15 is 0 Å². The third-order valence-corrected chi connectivity index (χ3v) is 2.38. The maximum absolute atomic E-state index is 11.3. The van der Waals surface area contributed by atoms with Gasteiger partial charge in [-0.3, -0.25) is 4.79 Å². The number of nitrogens with one attached hydrogen (secondary N) is 1. The zero-order valence-corrected chi connectivity index (χ0v) is 8.30. The van der Waals surface area contributed by atoms with Gasteiger partial charge in [-0.1, -0.05) is 0 Å². The molecule has 0 bridgehead atoms. The lowest BCUT2D eigenvalue weighted by atomic mass is 9.88. The summed E-state index contributed by atoms with van der Waals surface area (Å²) < 4.78 is 5.21. The van der Waals surface area contributed by atoms with Crippen LogP contribution >= 0.6 is 0 Å². The molecule has 0 atom stereocenters. The molecule has 3 N–H and O–H groups in total. The van der Waals surface area contributed by atoms with Crippen LogP contribution in [0.2, 0.25) is 0 Å². The van der Waals surface area contributed by atoms with Gasteiger partial charge in [0.1, 0.15) is 5.54 Å². The SMILES string of the molecule is CC(C)NC1(C(N)=O)CCOCC1. The molecular weight excluding hydrogens is 168 g/mol. The summed E-state index contributed by atoms with van der Waals surface area (Å²) in [5, 5.41) is 3.24. The molecule has 0 unspecified atom stereocenters. The lowest BCUT2D eigenvalue weighted by Gasteiger charge is -2.36. The molecule has 0 aromatic heterocycles. The molecule has 0 saturated carbocycles. The first kappa shape index (κ1) is 10.5. The molecule has 1 rings (SSSR count). The zero-order valence-electron chi connectivity index (χ0n) is 8.30. The fourth-order valence-electron chi connectivity index (χ4n) is 1.73. The average molecular weight is 186 g/mol. The molecule has 1 fully saturated rings. The van der Waals surface area contributed by atoms with Crippen LogP contribution in [0.3, 0.4) is 0 Å². The van der Waals surface area contributed by atoms with Crippen LogP contribution in [0.25, 0.3) is 0 Å². The Kier molecular flexibility index (Phi) is 3.27. The van der Waals surface area contributed by atoms with E-state index in [0.29, 0.717) is 26.1 Å². The highest BCUT2D eigenvalue weighted by atomic mass is 16.5. The van der Waals surface area contributed by atoms with Crippen molar-refractivity contribution in [3.63, 3.8) is 0 Å². The summed E-state index contributed by atoms with van der Waals surface area (Å²) >= 11 is 0. The quantitative estimate of drug-likeness (QED) is 0.653. The topological polar surface area (TPSA) is 64.3 Å². The molecule has 76 valence electrons. The van der Waals surface area contributed by atoms with Gasteiger partial charge in [-0.05, 0) is 26.7 Å². The number of nitrogens with two attached hydrogens (primary N) is 1. The van der Waals surface area contributed by atoms with Crippen molar-refractivity contribution in [3.05, 3.63) is 0 Å². The third-order valence-electron chi connectivity index (χ3n) is 2.38. The first-order valence-electron chi connectivity index (χ1n) is 4.72. The van der Waals surface area contributed by atoms with E-state index in [4.69, 9.17) is 10.5 Å². The van der Waals surface area contributed by atoms with Gasteiger partial charge < -0.3 is 15.8 Å². The second kappa shape index (κ2) is 4.07. The summed E-state index contributed by atoms with van der Waals surface area (Å²) in [6, 6.07) is 0.269. The maximum atomic E-state index is 11.3. The highest BCUT2D eigenvalue weighted by molar-refractivity contribution is 5.84. The van der Waals surface area contributed by atoms with Gasteiger partial charge in [0.05, 0.1) is 0 Å². The fourth-order valence-corrected chi connectivity index (χ4v) is 1.73. The van der Waals surface area contributed by atoms with Crippen molar-refractivity contribution in [1.82, 2.24) is 5.32 Å². The molecule has 4 heteroatoms. The lowest BCUT2D eigenvalue weighted by Crippen LogP contribution is -2.60. The van der Waals surface area contributed by atoms with E-state index in [1.807, 2.05) is 13.8 Å². The zero-order chi connectivity index (χ0) is 9.90. The summed E-state index contributed by atoms with van der Waals surface area (Å²) in [5.74, 6) is -0.260. The number of ether oxygens (including phenoxy) is 1. The van der Waals surface area contributed by atoms with Crippen molar-refractivity contribution in [2.24, 2.45) is 5.73 Å². The normalized spacial score (nSPS) is 21.8. The van der Waals surface area contributed by atoms with Crippen LogP contribution in [0.4, 0.5) is 0 Å². The van der Waals surface area contributed by atoms with Crippen LogP contribution in [0.1, 0.15) is 26.7 Å². The van der Waals surface area contributed by atoms with Gasteiger partial charge in [-0.15, -0.1) is 0 Å². The van der Waals surface area contributed by atoms with Crippen molar-refractivity contribution in [1.29, 1.82) is 0 Å². The smallest absolute Gasteiger partial charge is 0.237 e. The maximum Gasteiger partial charge on any atom is 0.237 e. The molecular formula is C9H18N2O2. The first-order chi connectivity index (χ1) is 6.07. The molecule has 1 aliphatic rings. The van der Waals surface area contributed by atoms with Crippen LogP contribution in [0, 0.1) is 0 Å². The predicted molar refractivity (Wildman–Crippen MR) is 50.3 cm³/mol. The molecule has 1 heterocycles. The number of primary amides is 1. The Hall–Kier alpha value is -0.610. The third kappa shape index (κ3) is 2.42. The van der Waals surface area contributed by atoms with Gasteiger partial charge in [-0.2, -0.15) is 0 Å². The van der Waals surface area contributed by atoms with Crippen molar-refractivity contribution >= 4 is 5.91 Å². The van der Waals surface area contributed by atoms with Crippen LogP contribution in [0.5, 0.6) is 0 Å². The molecule has 0 aromatic rings. The summed E-state index contributed by atoms with van der Waals surface area (Å²) in [6.07, 6.45) is 1.36. The standard InChI is InChI=1S/C9H18N2O2/c1-7(2)11-9(8(10)12)3-5-13-6-4-9/h7,11H,3-6H2,1-2H3,(H2,10,12). The molecule has 4 nitrogen and oxygen atoms in total. The number of hydrogen-bond acceptors (Lipinski definition) is 3. The molecule has 1 saturated heterocycles. The largest absolute Gasteiger partial charge is 0.381 e. The van der Waals surface area contributed by atoms with Gasteiger partial charge >= 0.3 is 0 Å². The minimum atomic E-state index is -0.535. The number of rotatable bonds is 3. The highest BCUT2D eigenvalue weighted by Gasteiger charge is 2.38. The van der Waals surface area contributed by atoms with Crippen molar-refractivity contribution in [2.45, 2.75) is 38.3 Å². The van der Waals surface area contributed by atoms with Gasteiger partial charge in [0.25, 0.3) is 0 Å². The Labute approximate surface area is 78.8 Å². The first-order valence-corrected chi connectivity index (χ1v) is 4.72. The molecule has 0 aromatic carbocycles. The van der Waals surface area contributed by atoms with Crippen LogP contribution in [-0.2, 0) is 9.53 Å². The van der Waals surface area contributed by atoms with Gasteiger partial charge in [0.15, 0.2) is 0 Å². The summed E-state index contributed by atoms with van der Waals surface area (Å²) in [6.45, 7) is 5.26. The van der Waals surface area contributed by atoms with Gasteiger partial charge in [0.2, 0.25) is 5.91 Å². The summed E-state index contributed by atoms with van der Waals surface area (Å²) in [7, 11) is 0. The number of hydrogen-bond donors (Lipinski definition) is 2. The van der Waals surface area contributed by atoms with E-state index in [1.54, 1.807) is 0 Å². The minimum absolute atomic E-state index is 0.260. The Bertz CT molecular complexity index is 186. The highest BCUT2D eigenvalue weighted by Crippen LogP contribution is 2.20. The molecule has 0 spiro atoms. The van der Waals surface area contributed by atoms with Crippen molar-refractivity contribution < 1.29 is 9.53 Å². The summed E-state index contributed by atoms with van der Waals surface area (Å²) in [5.41, 5.74) is 4.86. The second-order valence-electron chi connectivity index (χ2n) is 3.86. The Morgan fingerprint density at radius 3 is 2.38 bits per heavy atom. The molecule has 0 radical (unpaired) electrons. The predicted octanol–water partition coefficient (Wildman–Crippen LogP) is 0.0189.